The number of ether oxygens (including phenoxy) is 1. The number of urea groups is 1. The van der Waals surface area contributed by atoms with Crippen molar-refractivity contribution >= 4 is 25.1 Å². The van der Waals surface area contributed by atoms with Crippen LogP contribution >= 0.6 is 7.60 Å². The Hall–Kier alpha value is -2.23. The maximum atomic E-state index is 13.4. The van der Waals surface area contributed by atoms with E-state index in [2.05, 4.69) is 4.99 Å². The predicted molar refractivity (Wildman–Crippen MR) is 117 cm³/mol. The summed E-state index contributed by atoms with van der Waals surface area (Å²) in [7, 11) is -5.50. The monoisotopic (exact) mass is 476 g/mol. The van der Waals surface area contributed by atoms with Gasteiger partial charge in [-0.05, 0) is 45.7 Å². The van der Waals surface area contributed by atoms with Crippen LogP contribution in [0, 0.1) is 0 Å². The second kappa shape index (κ2) is 9.72. The number of aliphatic imine (C=N–C) groups is 1. The standard InChI is InChI=1S/C20H31F2N4O5P/c1-5-25(6-2)18(27)26-13-14-8-9-15(12-16(14)24-17(23)19(26,3)4)31-11-7-10-20(21,22)32(28,29)30/h8-9,12H,5-7,10-11,13H2,1-4H3,(H2,23,24)(H2,28,29,30). The van der Waals surface area contributed by atoms with Gasteiger partial charge in [0.25, 0.3) is 0 Å². The number of fused-ring (bicyclic) bond motifs is 1. The summed E-state index contributed by atoms with van der Waals surface area (Å²) in [5.41, 5.74) is 2.56. The number of carbonyl (C=O) groups excluding carboxylic acids is 1. The van der Waals surface area contributed by atoms with Crippen molar-refractivity contribution in [2.45, 2.75) is 58.3 Å². The molecule has 1 aromatic carbocycles. The molecular formula is C20H31F2N4O5P. The molecule has 32 heavy (non-hydrogen) atoms. The minimum atomic E-state index is -5.50. The first-order valence-electron chi connectivity index (χ1n) is 10.3. The van der Waals surface area contributed by atoms with Gasteiger partial charge in [0.05, 0.1) is 24.4 Å². The third-order valence-corrected chi connectivity index (χ3v) is 6.59. The molecule has 1 aliphatic heterocycles. The quantitative estimate of drug-likeness (QED) is 0.388. The summed E-state index contributed by atoms with van der Waals surface area (Å²) in [5.74, 6) is 0.594. The predicted octanol–water partition coefficient (Wildman–Crippen LogP) is 3.66. The molecule has 1 aliphatic rings. The van der Waals surface area contributed by atoms with Gasteiger partial charge in [-0.1, -0.05) is 6.07 Å². The Bertz CT molecular complexity index is 915. The van der Waals surface area contributed by atoms with Crippen molar-refractivity contribution in [3.05, 3.63) is 23.8 Å². The van der Waals surface area contributed by atoms with E-state index in [0.29, 0.717) is 24.5 Å². The van der Waals surface area contributed by atoms with E-state index in [1.54, 1.807) is 28.0 Å². The number of amidine groups is 1. The summed E-state index contributed by atoms with van der Waals surface area (Å²) in [6.45, 7) is 8.66. The molecule has 0 atom stereocenters. The smallest absolute Gasteiger partial charge is 0.394 e. The van der Waals surface area contributed by atoms with Gasteiger partial charge in [-0.15, -0.1) is 0 Å². The molecular weight excluding hydrogens is 445 g/mol. The van der Waals surface area contributed by atoms with Crippen LogP contribution in [0.25, 0.3) is 0 Å². The molecule has 4 N–H and O–H groups in total. The number of nitrogens with zero attached hydrogens (tertiary/aromatic N) is 3. The zero-order valence-corrected chi connectivity index (χ0v) is 19.6. The first-order chi connectivity index (χ1) is 14.7. The third kappa shape index (κ3) is 5.57. The fourth-order valence-electron chi connectivity index (χ4n) is 3.24. The normalized spacial score (nSPS) is 16.1. The number of hydrogen-bond acceptors (Lipinski definition) is 5. The molecule has 1 heterocycles. The molecule has 2 amide bonds. The van der Waals surface area contributed by atoms with Crippen molar-refractivity contribution in [1.82, 2.24) is 9.80 Å². The van der Waals surface area contributed by atoms with E-state index in [1.165, 1.54) is 0 Å². The van der Waals surface area contributed by atoms with Gasteiger partial charge in [-0.25, -0.2) is 9.79 Å². The Balaban J connectivity index is 2.18. The first kappa shape index (κ1) is 26.0. The summed E-state index contributed by atoms with van der Waals surface area (Å²) in [5, 5.41) is 0. The molecule has 0 aliphatic carbocycles. The van der Waals surface area contributed by atoms with Crippen LogP contribution in [0.15, 0.2) is 23.2 Å². The second-order valence-electron chi connectivity index (χ2n) is 8.05. The first-order valence-corrected chi connectivity index (χ1v) is 12.0. The lowest BCUT2D eigenvalue weighted by Crippen LogP contribution is -2.58. The number of rotatable bonds is 8. The lowest BCUT2D eigenvalue weighted by atomic mass is 10.0. The van der Waals surface area contributed by atoms with Gasteiger partial charge in [-0.3, -0.25) is 4.57 Å². The lowest BCUT2D eigenvalue weighted by molar-refractivity contribution is 0.0445. The van der Waals surface area contributed by atoms with Crippen LogP contribution in [0.5, 0.6) is 5.75 Å². The molecule has 9 nitrogen and oxygen atoms in total. The average Bonchev–Trinajstić information content (AvgIpc) is 2.79. The Kier molecular flexibility index (Phi) is 7.91. The van der Waals surface area contributed by atoms with Crippen LogP contribution < -0.4 is 10.5 Å². The molecule has 2 rings (SSSR count). The number of benzene rings is 1. The van der Waals surface area contributed by atoms with Gasteiger partial charge >= 0.3 is 19.3 Å². The highest BCUT2D eigenvalue weighted by molar-refractivity contribution is 7.53. The van der Waals surface area contributed by atoms with Gasteiger partial charge in [-0.2, -0.15) is 8.78 Å². The average molecular weight is 476 g/mol. The molecule has 12 heteroatoms. The maximum absolute atomic E-state index is 13.4. The fraction of sp³-hybridized carbons (Fsp3) is 0.600. The third-order valence-electron chi connectivity index (χ3n) is 5.51. The van der Waals surface area contributed by atoms with Gasteiger partial charge in [0.1, 0.15) is 11.6 Å². The maximum Gasteiger partial charge on any atom is 0.394 e. The summed E-state index contributed by atoms with van der Waals surface area (Å²) in [6.07, 6.45) is -1.25. The topological polar surface area (TPSA) is 129 Å². The largest absolute Gasteiger partial charge is 0.494 e. The highest BCUT2D eigenvalue weighted by Crippen LogP contribution is 2.55. The highest BCUT2D eigenvalue weighted by atomic mass is 31.2. The van der Waals surface area contributed by atoms with Crippen molar-refractivity contribution in [3.8, 4) is 5.75 Å². The summed E-state index contributed by atoms with van der Waals surface area (Å²) < 4.78 is 43.0. The minimum Gasteiger partial charge on any atom is -0.494 e. The van der Waals surface area contributed by atoms with Gasteiger partial charge in [0.15, 0.2) is 0 Å². The number of carbonyl (C=O) groups is 1. The van der Waals surface area contributed by atoms with Crippen molar-refractivity contribution < 1.29 is 32.7 Å². The Morgan fingerprint density at radius 1 is 1.34 bits per heavy atom. The van der Waals surface area contributed by atoms with E-state index in [9.17, 15) is 18.1 Å². The molecule has 0 radical (unpaired) electrons. The molecule has 0 unspecified atom stereocenters. The van der Waals surface area contributed by atoms with Crippen molar-refractivity contribution in [1.29, 1.82) is 0 Å². The minimum absolute atomic E-state index is 0.155. The fourth-order valence-corrected chi connectivity index (χ4v) is 3.69. The highest BCUT2D eigenvalue weighted by Gasteiger charge is 2.47. The van der Waals surface area contributed by atoms with Gasteiger partial charge in [0.2, 0.25) is 0 Å². The number of amides is 2. The lowest BCUT2D eigenvalue weighted by Gasteiger charge is -2.39. The molecule has 0 saturated carbocycles. The van der Waals surface area contributed by atoms with Crippen LogP contribution in [0.3, 0.4) is 0 Å². The van der Waals surface area contributed by atoms with E-state index in [-0.39, 0.29) is 31.4 Å². The summed E-state index contributed by atoms with van der Waals surface area (Å²) in [6, 6.07) is 4.81. The number of hydrogen-bond donors (Lipinski definition) is 3. The van der Waals surface area contributed by atoms with Crippen molar-refractivity contribution in [2.24, 2.45) is 10.7 Å². The number of nitrogens with two attached hydrogens (primary N) is 1. The second-order valence-corrected chi connectivity index (χ2v) is 9.79. The van der Waals surface area contributed by atoms with Crippen LogP contribution in [0.1, 0.15) is 46.1 Å². The van der Waals surface area contributed by atoms with E-state index < -0.39 is 25.2 Å². The molecule has 0 saturated heterocycles. The van der Waals surface area contributed by atoms with E-state index >= 15 is 0 Å². The van der Waals surface area contributed by atoms with Gasteiger partial charge < -0.3 is 30.1 Å². The van der Waals surface area contributed by atoms with E-state index in [0.717, 1.165) is 5.56 Å². The Morgan fingerprint density at radius 3 is 2.53 bits per heavy atom. The molecule has 0 aromatic heterocycles. The molecule has 180 valence electrons. The Morgan fingerprint density at radius 2 is 1.97 bits per heavy atom. The molecule has 0 spiro atoms. The van der Waals surface area contributed by atoms with Crippen LogP contribution in [0.2, 0.25) is 0 Å². The van der Waals surface area contributed by atoms with Crippen LogP contribution in [-0.4, -0.2) is 62.4 Å². The molecule has 0 bridgehead atoms. The van der Waals surface area contributed by atoms with Gasteiger partial charge in [0, 0.05) is 25.6 Å². The molecule has 1 aromatic rings. The van der Waals surface area contributed by atoms with Crippen molar-refractivity contribution in [3.63, 3.8) is 0 Å². The van der Waals surface area contributed by atoms with Crippen LogP contribution in [0.4, 0.5) is 19.3 Å². The Labute approximate surface area is 186 Å². The summed E-state index contributed by atoms with van der Waals surface area (Å²) in [4.78, 5) is 38.3. The summed E-state index contributed by atoms with van der Waals surface area (Å²) >= 11 is 0. The zero-order valence-electron chi connectivity index (χ0n) is 18.7. The molecule has 0 fully saturated rings. The van der Waals surface area contributed by atoms with Crippen molar-refractivity contribution in [2.75, 3.05) is 19.7 Å². The van der Waals surface area contributed by atoms with E-state index in [1.807, 2.05) is 27.7 Å². The van der Waals surface area contributed by atoms with Crippen LogP contribution in [-0.2, 0) is 11.1 Å². The number of halogens is 2. The number of alkyl halides is 2. The van der Waals surface area contributed by atoms with E-state index in [4.69, 9.17) is 20.3 Å². The SMILES string of the molecule is CCN(CC)C(=O)N1Cc2ccc(OCCCC(F)(F)P(=O)(O)O)cc2N=C(N)C1(C)C. The zero-order chi connectivity index (χ0) is 24.3.